The van der Waals surface area contributed by atoms with Crippen LogP contribution >= 0.6 is 0 Å². The highest BCUT2D eigenvalue weighted by Gasteiger charge is 2.34. The molecule has 0 atom stereocenters. The number of fused-ring (bicyclic) bond motifs is 1. The maximum atomic E-state index is 12.5. The van der Waals surface area contributed by atoms with E-state index in [0.717, 1.165) is 17.7 Å². The summed E-state index contributed by atoms with van der Waals surface area (Å²) in [5, 5.41) is 0. The number of Topliss-reactive ketones (excluding diaryl/α,β-unsaturated/α-hetero) is 1. The van der Waals surface area contributed by atoms with Crippen molar-refractivity contribution in [3.63, 3.8) is 0 Å². The van der Waals surface area contributed by atoms with Gasteiger partial charge in [0.25, 0.3) is 0 Å². The molecule has 0 fully saturated rings. The van der Waals surface area contributed by atoms with Crippen LogP contribution < -0.4 is 10.5 Å². The van der Waals surface area contributed by atoms with Crippen LogP contribution in [-0.4, -0.2) is 17.9 Å². The van der Waals surface area contributed by atoms with E-state index in [1.54, 1.807) is 0 Å². The number of ether oxygens (including phenoxy) is 1. The molecule has 0 spiro atoms. The first-order valence-electron chi connectivity index (χ1n) is 6.20. The summed E-state index contributed by atoms with van der Waals surface area (Å²) >= 11 is 0. The van der Waals surface area contributed by atoms with Crippen molar-refractivity contribution in [1.82, 2.24) is 0 Å². The van der Waals surface area contributed by atoms with E-state index in [1.165, 1.54) is 0 Å². The van der Waals surface area contributed by atoms with E-state index >= 15 is 0 Å². The highest BCUT2D eigenvalue weighted by Crippen LogP contribution is 2.32. The van der Waals surface area contributed by atoms with Gasteiger partial charge in [0.15, 0.2) is 5.78 Å². The smallest absolute Gasteiger partial charge is 0.186 e. The molecule has 17 heavy (non-hydrogen) atoms. The molecule has 2 rings (SSSR count). The third-order valence-electron chi connectivity index (χ3n) is 3.67. The molecule has 1 heterocycles. The molecule has 1 aromatic rings. The fourth-order valence-electron chi connectivity index (χ4n) is 2.23. The van der Waals surface area contributed by atoms with Crippen LogP contribution in [0.5, 0.6) is 5.75 Å². The van der Waals surface area contributed by atoms with Crippen molar-refractivity contribution in [1.29, 1.82) is 0 Å². The number of benzene rings is 1. The summed E-state index contributed by atoms with van der Waals surface area (Å²) in [7, 11) is 0. The second-order valence-corrected chi connectivity index (χ2v) is 4.58. The molecule has 1 aliphatic heterocycles. The molecule has 3 heteroatoms. The van der Waals surface area contributed by atoms with Gasteiger partial charge in [-0.15, -0.1) is 0 Å². The third-order valence-corrected chi connectivity index (χ3v) is 3.67. The number of para-hydroxylation sites is 1. The molecule has 92 valence electrons. The summed E-state index contributed by atoms with van der Waals surface area (Å²) in [6.45, 7) is 4.56. The zero-order valence-corrected chi connectivity index (χ0v) is 10.5. The van der Waals surface area contributed by atoms with Gasteiger partial charge in [-0.3, -0.25) is 4.79 Å². The molecule has 0 unspecified atom stereocenters. The lowest BCUT2D eigenvalue weighted by Gasteiger charge is -2.25. The van der Waals surface area contributed by atoms with Crippen molar-refractivity contribution in [2.75, 3.05) is 6.61 Å². The minimum absolute atomic E-state index is 0.00116. The van der Waals surface area contributed by atoms with Crippen LogP contribution in [0.15, 0.2) is 18.2 Å². The normalized spacial score (nSPS) is 14.3. The number of rotatable bonds is 4. The minimum Gasteiger partial charge on any atom is -0.492 e. The Morgan fingerprint density at radius 2 is 2.12 bits per heavy atom. The first-order chi connectivity index (χ1) is 8.12. The van der Waals surface area contributed by atoms with Crippen molar-refractivity contribution in [2.45, 2.75) is 38.6 Å². The molecular weight excluding hydrogens is 214 g/mol. The standard InChI is InChI=1S/C14H19NO2/c1-3-14(15,4-2)13(16)11-7-5-6-10-8-9-17-12(10)11/h5-7H,3-4,8-9,15H2,1-2H3. The Bertz CT molecular complexity index is 436. The summed E-state index contributed by atoms with van der Waals surface area (Å²) in [5.74, 6) is 0.746. The Balaban J connectivity index is 2.41. The van der Waals surface area contributed by atoms with Crippen molar-refractivity contribution >= 4 is 5.78 Å². The molecule has 0 aromatic heterocycles. The Labute approximate surface area is 102 Å². The van der Waals surface area contributed by atoms with Crippen LogP contribution in [0.4, 0.5) is 0 Å². The van der Waals surface area contributed by atoms with Crippen molar-refractivity contribution in [2.24, 2.45) is 5.73 Å². The van der Waals surface area contributed by atoms with E-state index in [4.69, 9.17) is 10.5 Å². The van der Waals surface area contributed by atoms with Crippen LogP contribution in [-0.2, 0) is 6.42 Å². The maximum Gasteiger partial charge on any atom is 0.186 e. The molecule has 1 aromatic carbocycles. The highest BCUT2D eigenvalue weighted by molar-refractivity contribution is 6.05. The fraction of sp³-hybridized carbons (Fsp3) is 0.500. The van der Waals surface area contributed by atoms with Crippen molar-refractivity contribution in [3.8, 4) is 5.75 Å². The number of hydrogen-bond donors (Lipinski definition) is 1. The predicted octanol–water partition coefficient (Wildman–Crippen LogP) is 2.32. The maximum absolute atomic E-state index is 12.5. The summed E-state index contributed by atoms with van der Waals surface area (Å²) < 4.78 is 5.56. The summed E-state index contributed by atoms with van der Waals surface area (Å²) in [4.78, 5) is 12.5. The monoisotopic (exact) mass is 233 g/mol. The van der Waals surface area contributed by atoms with Gasteiger partial charge >= 0.3 is 0 Å². The highest BCUT2D eigenvalue weighted by atomic mass is 16.5. The summed E-state index contributed by atoms with van der Waals surface area (Å²) in [6.07, 6.45) is 2.17. The Hall–Kier alpha value is -1.35. The zero-order chi connectivity index (χ0) is 12.5. The lowest BCUT2D eigenvalue weighted by atomic mass is 9.84. The molecular formula is C14H19NO2. The van der Waals surface area contributed by atoms with Crippen LogP contribution in [0.2, 0.25) is 0 Å². The second-order valence-electron chi connectivity index (χ2n) is 4.58. The van der Waals surface area contributed by atoms with Gasteiger partial charge in [0, 0.05) is 6.42 Å². The average molecular weight is 233 g/mol. The van der Waals surface area contributed by atoms with Gasteiger partial charge < -0.3 is 10.5 Å². The topological polar surface area (TPSA) is 52.3 Å². The fourth-order valence-corrected chi connectivity index (χ4v) is 2.23. The Morgan fingerprint density at radius 1 is 1.41 bits per heavy atom. The SMILES string of the molecule is CCC(N)(CC)C(=O)c1cccc2c1OCC2. The van der Waals surface area contributed by atoms with Gasteiger partial charge in [-0.25, -0.2) is 0 Å². The van der Waals surface area contributed by atoms with Crippen molar-refractivity contribution < 1.29 is 9.53 Å². The minimum atomic E-state index is -0.763. The molecule has 0 amide bonds. The first-order valence-corrected chi connectivity index (χ1v) is 6.20. The van der Waals surface area contributed by atoms with Gasteiger partial charge in [-0.2, -0.15) is 0 Å². The van der Waals surface area contributed by atoms with Gasteiger partial charge in [0.1, 0.15) is 5.75 Å². The molecule has 2 N–H and O–H groups in total. The lowest BCUT2D eigenvalue weighted by molar-refractivity contribution is 0.0876. The molecule has 0 saturated heterocycles. The molecule has 1 aliphatic rings. The van der Waals surface area contributed by atoms with E-state index in [9.17, 15) is 4.79 Å². The third kappa shape index (κ3) is 1.95. The Kier molecular flexibility index (Phi) is 3.20. The molecule has 0 radical (unpaired) electrons. The van der Waals surface area contributed by atoms with E-state index in [2.05, 4.69) is 0 Å². The zero-order valence-electron chi connectivity index (χ0n) is 10.5. The van der Waals surface area contributed by atoms with E-state index in [1.807, 2.05) is 32.0 Å². The molecule has 3 nitrogen and oxygen atoms in total. The van der Waals surface area contributed by atoms with Gasteiger partial charge in [0.2, 0.25) is 0 Å². The first kappa shape index (κ1) is 12.1. The second kappa shape index (κ2) is 4.49. The number of carbonyl (C=O) groups is 1. The number of nitrogens with two attached hydrogens (primary N) is 1. The van der Waals surface area contributed by atoms with Crippen LogP contribution in [0, 0.1) is 0 Å². The van der Waals surface area contributed by atoms with E-state index < -0.39 is 5.54 Å². The number of ketones is 1. The predicted molar refractivity (Wildman–Crippen MR) is 67.5 cm³/mol. The van der Waals surface area contributed by atoms with Gasteiger partial charge in [-0.1, -0.05) is 26.0 Å². The number of hydrogen-bond acceptors (Lipinski definition) is 3. The Morgan fingerprint density at radius 3 is 2.76 bits per heavy atom. The molecule has 0 aliphatic carbocycles. The quantitative estimate of drug-likeness (QED) is 0.812. The largest absolute Gasteiger partial charge is 0.492 e. The summed E-state index contributed by atoms with van der Waals surface area (Å²) in [6, 6.07) is 5.74. The summed E-state index contributed by atoms with van der Waals surface area (Å²) in [5.41, 5.74) is 7.16. The van der Waals surface area contributed by atoms with E-state index in [0.29, 0.717) is 25.0 Å². The lowest BCUT2D eigenvalue weighted by Crippen LogP contribution is -2.46. The molecule has 0 bridgehead atoms. The van der Waals surface area contributed by atoms with Gasteiger partial charge in [-0.05, 0) is 24.5 Å². The van der Waals surface area contributed by atoms with Gasteiger partial charge in [0.05, 0.1) is 17.7 Å². The molecule has 0 saturated carbocycles. The van der Waals surface area contributed by atoms with Crippen LogP contribution in [0.25, 0.3) is 0 Å². The average Bonchev–Trinajstić information content (AvgIpc) is 2.85. The number of carbonyl (C=O) groups excluding carboxylic acids is 1. The van der Waals surface area contributed by atoms with Crippen molar-refractivity contribution in [3.05, 3.63) is 29.3 Å². The van der Waals surface area contributed by atoms with Crippen LogP contribution in [0.1, 0.15) is 42.6 Å². The van der Waals surface area contributed by atoms with Crippen LogP contribution in [0.3, 0.4) is 0 Å². The van der Waals surface area contributed by atoms with E-state index in [-0.39, 0.29) is 5.78 Å².